The Hall–Kier alpha value is -0.500. The minimum atomic E-state index is 0.392. The summed E-state index contributed by atoms with van der Waals surface area (Å²) in [6.07, 6.45) is 1.17. The lowest BCUT2D eigenvalue weighted by Gasteiger charge is -2.19. The van der Waals surface area contributed by atoms with E-state index in [-0.39, 0.29) is 0 Å². The number of nitrogens with one attached hydrogen (secondary N) is 1. The normalized spacial score (nSPS) is 11.5. The van der Waals surface area contributed by atoms with E-state index in [1.165, 1.54) is 22.1 Å². The van der Waals surface area contributed by atoms with Crippen LogP contribution < -0.4 is 5.32 Å². The fourth-order valence-electron chi connectivity index (χ4n) is 1.36. The number of hydrogen-bond acceptors (Lipinski definition) is 1. The van der Waals surface area contributed by atoms with Crippen molar-refractivity contribution in [3.05, 3.63) is 28.2 Å². The van der Waals surface area contributed by atoms with E-state index in [0.29, 0.717) is 5.41 Å². The van der Waals surface area contributed by atoms with Crippen molar-refractivity contribution in [2.75, 3.05) is 11.9 Å². The monoisotopic (exact) mass is 269 g/mol. The zero-order chi connectivity index (χ0) is 11.5. The van der Waals surface area contributed by atoms with Crippen molar-refractivity contribution < 1.29 is 0 Å². The van der Waals surface area contributed by atoms with E-state index in [9.17, 15) is 0 Å². The van der Waals surface area contributed by atoms with Gasteiger partial charge in [0.05, 0.1) is 0 Å². The summed E-state index contributed by atoms with van der Waals surface area (Å²) in [4.78, 5) is 0. The molecule has 0 spiro atoms. The van der Waals surface area contributed by atoms with Gasteiger partial charge in [-0.3, -0.25) is 0 Å². The van der Waals surface area contributed by atoms with Gasteiger partial charge in [0.15, 0.2) is 0 Å². The highest BCUT2D eigenvalue weighted by atomic mass is 79.9. The molecule has 0 unspecified atom stereocenters. The van der Waals surface area contributed by atoms with Crippen molar-refractivity contribution in [3.63, 3.8) is 0 Å². The molecule has 0 atom stereocenters. The summed E-state index contributed by atoms with van der Waals surface area (Å²) in [5.74, 6) is 0. The second kappa shape index (κ2) is 5.02. The molecule has 0 fully saturated rings. The molecule has 0 bridgehead atoms. The average molecular weight is 270 g/mol. The summed E-state index contributed by atoms with van der Waals surface area (Å²) in [6.45, 7) is 9.92. The molecular weight excluding hydrogens is 250 g/mol. The summed E-state index contributed by atoms with van der Waals surface area (Å²) in [6, 6.07) is 6.30. The number of halogens is 1. The number of benzene rings is 1. The Kier molecular flexibility index (Phi) is 4.21. The van der Waals surface area contributed by atoms with Crippen molar-refractivity contribution in [2.24, 2.45) is 5.41 Å². The third-order valence-electron chi connectivity index (χ3n) is 2.38. The van der Waals surface area contributed by atoms with E-state index in [4.69, 9.17) is 0 Å². The molecule has 2 heteroatoms. The molecule has 1 rings (SSSR count). The fourth-order valence-corrected chi connectivity index (χ4v) is 1.76. The van der Waals surface area contributed by atoms with Crippen LogP contribution >= 0.6 is 15.9 Å². The number of hydrogen-bond donors (Lipinski definition) is 1. The molecule has 0 amide bonds. The number of rotatable bonds is 3. The van der Waals surface area contributed by atoms with E-state index in [1.54, 1.807) is 0 Å². The van der Waals surface area contributed by atoms with Gasteiger partial charge in [0.25, 0.3) is 0 Å². The highest BCUT2D eigenvalue weighted by molar-refractivity contribution is 9.10. The van der Waals surface area contributed by atoms with Crippen molar-refractivity contribution in [2.45, 2.75) is 34.1 Å². The molecule has 0 radical (unpaired) electrons. The van der Waals surface area contributed by atoms with E-state index >= 15 is 0 Å². The minimum Gasteiger partial charge on any atom is -0.384 e. The Balaban J connectivity index is 2.55. The van der Waals surface area contributed by atoms with Crippen LogP contribution in [0, 0.1) is 12.3 Å². The second-order valence-electron chi connectivity index (χ2n) is 5.17. The first-order valence-corrected chi connectivity index (χ1v) is 6.18. The van der Waals surface area contributed by atoms with Crippen LogP contribution in [0.2, 0.25) is 0 Å². The molecule has 1 nitrogen and oxygen atoms in total. The van der Waals surface area contributed by atoms with Crippen molar-refractivity contribution in [3.8, 4) is 0 Å². The Labute approximate surface area is 101 Å². The Morgan fingerprint density at radius 2 is 1.93 bits per heavy atom. The van der Waals surface area contributed by atoms with Crippen LogP contribution in [0.3, 0.4) is 0 Å². The predicted molar refractivity (Wildman–Crippen MR) is 71.4 cm³/mol. The highest BCUT2D eigenvalue weighted by Gasteiger charge is 2.09. The van der Waals surface area contributed by atoms with Gasteiger partial charge in [-0.05, 0) is 46.3 Å². The smallest absolute Gasteiger partial charge is 0.0487 e. The van der Waals surface area contributed by atoms with Crippen molar-refractivity contribution in [1.29, 1.82) is 0 Å². The topological polar surface area (TPSA) is 12.0 Å². The highest BCUT2D eigenvalue weighted by Crippen LogP contribution is 2.26. The van der Waals surface area contributed by atoms with Gasteiger partial charge in [0, 0.05) is 16.7 Å². The van der Waals surface area contributed by atoms with Crippen molar-refractivity contribution in [1.82, 2.24) is 0 Å². The molecule has 1 aromatic carbocycles. The van der Waals surface area contributed by atoms with Crippen LogP contribution in [0.25, 0.3) is 0 Å². The molecule has 0 heterocycles. The van der Waals surface area contributed by atoms with Crippen LogP contribution in [-0.4, -0.2) is 6.54 Å². The zero-order valence-electron chi connectivity index (χ0n) is 10.0. The maximum Gasteiger partial charge on any atom is 0.0487 e. The fraction of sp³-hybridized carbons (Fsp3) is 0.538. The first-order valence-electron chi connectivity index (χ1n) is 5.39. The molecule has 0 aliphatic carbocycles. The molecule has 15 heavy (non-hydrogen) atoms. The van der Waals surface area contributed by atoms with Gasteiger partial charge >= 0.3 is 0 Å². The minimum absolute atomic E-state index is 0.392. The quantitative estimate of drug-likeness (QED) is 0.846. The van der Waals surface area contributed by atoms with Crippen LogP contribution in [0.1, 0.15) is 32.8 Å². The van der Waals surface area contributed by atoms with Gasteiger partial charge in [0.1, 0.15) is 0 Å². The molecule has 0 saturated heterocycles. The van der Waals surface area contributed by atoms with Crippen molar-refractivity contribution >= 4 is 21.6 Å². The lowest BCUT2D eigenvalue weighted by molar-refractivity contribution is 0.390. The SMILES string of the molecule is Cc1cccc(NCCC(C)(C)C)c1Br. The Morgan fingerprint density at radius 3 is 2.53 bits per heavy atom. The number of aryl methyl sites for hydroxylation is 1. The molecule has 0 aliphatic heterocycles. The average Bonchev–Trinajstić information content (AvgIpc) is 2.10. The summed E-state index contributed by atoms with van der Waals surface area (Å²) in [5.41, 5.74) is 2.86. The summed E-state index contributed by atoms with van der Waals surface area (Å²) in [5, 5.41) is 3.46. The number of anilines is 1. The molecule has 1 N–H and O–H groups in total. The summed E-state index contributed by atoms with van der Waals surface area (Å²) in [7, 11) is 0. The van der Waals surface area contributed by atoms with E-state index < -0.39 is 0 Å². The van der Waals surface area contributed by atoms with Gasteiger partial charge in [0.2, 0.25) is 0 Å². The molecule has 0 aliphatic rings. The molecule has 0 saturated carbocycles. The first kappa shape index (κ1) is 12.6. The standard InChI is InChI=1S/C13H20BrN/c1-10-6-5-7-11(12(10)14)15-9-8-13(2,3)4/h5-7,15H,8-9H2,1-4H3. The van der Waals surface area contributed by atoms with Crippen LogP contribution in [0.5, 0.6) is 0 Å². The summed E-state index contributed by atoms with van der Waals surface area (Å²) < 4.78 is 1.18. The maximum atomic E-state index is 3.60. The Morgan fingerprint density at radius 1 is 1.27 bits per heavy atom. The van der Waals surface area contributed by atoms with Crippen LogP contribution in [0.4, 0.5) is 5.69 Å². The Bertz CT molecular complexity index is 326. The zero-order valence-corrected chi connectivity index (χ0v) is 11.6. The van der Waals surface area contributed by atoms with E-state index in [2.05, 4.69) is 67.1 Å². The van der Waals surface area contributed by atoms with Gasteiger partial charge in [-0.2, -0.15) is 0 Å². The van der Waals surface area contributed by atoms with Gasteiger partial charge in [-0.15, -0.1) is 0 Å². The van der Waals surface area contributed by atoms with Gasteiger partial charge in [-0.1, -0.05) is 32.9 Å². The van der Waals surface area contributed by atoms with Gasteiger partial charge in [-0.25, -0.2) is 0 Å². The lowest BCUT2D eigenvalue weighted by atomic mass is 9.92. The molecule has 0 aromatic heterocycles. The third-order valence-corrected chi connectivity index (χ3v) is 3.43. The third kappa shape index (κ3) is 4.25. The summed E-state index contributed by atoms with van der Waals surface area (Å²) >= 11 is 3.60. The first-order chi connectivity index (χ1) is 6.90. The van der Waals surface area contributed by atoms with E-state index in [1.807, 2.05) is 0 Å². The predicted octanol–water partition coefficient (Wildman–Crippen LogP) is 4.61. The van der Waals surface area contributed by atoms with E-state index in [0.717, 1.165) is 6.54 Å². The molecule has 1 aromatic rings. The maximum absolute atomic E-state index is 3.60. The second-order valence-corrected chi connectivity index (χ2v) is 5.97. The lowest BCUT2D eigenvalue weighted by Crippen LogP contribution is -2.13. The van der Waals surface area contributed by atoms with Crippen LogP contribution in [-0.2, 0) is 0 Å². The largest absolute Gasteiger partial charge is 0.384 e. The molecule has 84 valence electrons. The molecular formula is C13H20BrN. The van der Waals surface area contributed by atoms with Gasteiger partial charge < -0.3 is 5.32 Å². The van der Waals surface area contributed by atoms with Crippen LogP contribution in [0.15, 0.2) is 22.7 Å².